The molecule has 8 nitrogen and oxygen atoms in total. The van der Waals surface area contributed by atoms with Crippen molar-refractivity contribution in [1.29, 1.82) is 0 Å². The van der Waals surface area contributed by atoms with Crippen LogP contribution in [0.25, 0.3) is 6.08 Å². The first-order chi connectivity index (χ1) is 20.9. The van der Waals surface area contributed by atoms with Gasteiger partial charge < -0.3 is 19.7 Å². The van der Waals surface area contributed by atoms with E-state index in [0.717, 1.165) is 54.8 Å². The van der Waals surface area contributed by atoms with Gasteiger partial charge in [-0.25, -0.2) is 4.98 Å². The Hall–Kier alpha value is -2.95. The Labute approximate surface area is 261 Å². The van der Waals surface area contributed by atoms with E-state index in [1.165, 1.54) is 12.7 Å². The molecule has 228 valence electrons. The van der Waals surface area contributed by atoms with Gasteiger partial charge in [0, 0.05) is 43.2 Å². The molecule has 0 spiro atoms. The van der Waals surface area contributed by atoms with Crippen molar-refractivity contribution in [1.82, 2.24) is 20.2 Å². The summed E-state index contributed by atoms with van der Waals surface area (Å²) in [5.41, 5.74) is 4.89. The number of ether oxygens (including phenoxy) is 1. The summed E-state index contributed by atoms with van der Waals surface area (Å²) >= 11 is 0. The third kappa shape index (κ3) is 6.33. The third-order valence-electron chi connectivity index (χ3n) is 9.29. The highest BCUT2D eigenvalue weighted by Crippen LogP contribution is 2.51. The van der Waals surface area contributed by atoms with Crippen LogP contribution in [-0.2, 0) is 16.1 Å². The number of benzene rings is 1. The number of ketones is 2. The topological polar surface area (TPSA) is 105 Å². The maximum Gasteiger partial charge on any atom is 0.166 e. The number of allylic oxidation sites excluding steroid dienone is 3. The van der Waals surface area contributed by atoms with E-state index in [1.54, 1.807) is 6.07 Å². The van der Waals surface area contributed by atoms with Gasteiger partial charge in [0.2, 0.25) is 0 Å². The molecule has 1 unspecified atom stereocenters. The normalized spacial score (nSPS) is 28.0. The van der Waals surface area contributed by atoms with Gasteiger partial charge in [0.05, 0.1) is 24.6 Å². The van der Waals surface area contributed by atoms with E-state index in [0.29, 0.717) is 36.5 Å². The molecule has 1 fully saturated rings. The number of hydrogen-bond acceptors (Lipinski definition) is 9. The van der Waals surface area contributed by atoms with Gasteiger partial charge in [-0.2, -0.15) is 0 Å². The number of phenols is 1. The third-order valence-corrected chi connectivity index (χ3v) is 12.6. The number of carbonyl (C=O) groups excluding carboxylic acids is 2. The number of aromatic hydroxyl groups is 1. The Morgan fingerprint density at radius 2 is 2.09 bits per heavy atom. The first-order valence-corrected chi connectivity index (χ1v) is 17.6. The van der Waals surface area contributed by atoms with Crippen LogP contribution in [0, 0.1) is 5.92 Å². The van der Waals surface area contributed by atoms with E-state index >= 15 is 0 Å². The molecular formula is C33H40N4O4S2. The molecule has 0 saturated carbocycles. The molecule has 3 aliphatic heterocycles. The van der Waals surface area contributed by atoms with Crippen LogP contribution < -0.4 is 15.4 Å². The van der Waals surface area contributed by atoms with Crippen molar-refractivity contribution in [2.75, 3.05) is 19.4 Å². The van der Waals surface area contributed by atoms with Gasteiger partial charge in [-0.15, -0.1) is 0 Å². The predicted octanol–water partition coefficient (Wildman–Crippen LogP) is 5.76. The molecule has 4 atom stereocenters. The van der Waals surface area contributed by atoms with Gasteiger partial charge in [0.15, 0.2) is 17.3 Å². The molecule has 2 aromatic rings. The Morgan fingerprint density at radius 1 is 1.21 bits per heavy atom. The number of Topliss-reactive ketones (excluding diaryl/α,β-unsaturated/α-hetero) is 2. The number of rotatable bonds is 4. The number of piperidine rings is 1. The number of nitrogens with zero attached hydrogens (tertiary/aromatic N) is 2. The molecule has 3 N–H and O–H groups in total. The zero-order chi connectivity index (χ0) is 30.0. The predicted molar refractivity (Wildman–Crippen MR) is 173 cm³/mol. The molecule has 4 heterocycles. The second-order valence-electron chi connectivity index (χ2n) is 12.0. The lowest BCUT2D eigenvalue weighted by molar-refractivity contribution is -0.125. The Morgan fingerprint density at radius 3 is 2.88 bits per heavy atom. The fourth-order valence-corrected chi connectivity index (χ4v) is 10.4. The molecule has 0 amide bonds. The lowest BCUT2D eigenvalue weighted by Crippen LogP contribution is -2.56. The zero-order valence-corrected chi connectivity index (χ0v) is 26.4. The molecule has 4 bridgehead atoms. The van der Waals surface area contributed by atoms with Gasteiger partial charge in [0.25, 0.3) is 0 Å². The average molecular weight is 621 g/mol. The summed E-state index contributed by atoms with van der Waals surface area (Å²) in [5.74, 6) is 1.66. The van der Waals surface area contributed by atoms with Crippen molar-refractivity contribution in [3.05, 3.63) is 71.0 Å². The van der Waals surface area contributed by atoms with Crippen LogP contribution in [0.2, 0.25) is 0 Å². The Balaban J connectivity index is 1.46. The fourth-order valence-electron chi connectivity index (χ4n) is 6.73. The van der Waals surface area contributed by atoms with Crippen LogP contribution in [0.3, 0.4) is 0 Å². The summed E-state index contributed by atoms with van der Waals surface area (Å²) in [5, 5.41) is 18.2. The highest BCUT2D eigenvalue weighted by atomic mass is 33.1. The van der Waals surface area contributed by atoms with Gasteiger partial charge in [-0.05, 0) is 84.2 Å². The second kappa shape index (κ2) is 13.0. The first-order valence-electron chi connectivity index (χ1n) is 15.2. The fraction of sp³-hybridized carbons (Fsp3) is 0.485. The number of fused-ring (bicyclic) bond motifs is 7. The maximum absolute atomic E-state index is 13.5. The molecule has 1 saturated heterocycles. The summed E-state index contributed by atoms with van der Waals surface area (Å²) < 4.78 is 7.45. The second-order valence-corrected chi connectivity index (χ2v) is 14.7. The highest BCUT2D eigenvalue weighted by Gasteiger charge is 2.44. The molecule has 1 aromatic carbocycles. The van der Waals surface area contributed by atoms with Crippen molar-refractivity contribution in [2.45, 2.75) is 75.2 Å². The molecular weight excluding hydrogens is 581 g/mol. The molecule has 4 aliphatic rings. The van der Waals surface area contributed by atoms with Crippen molar-refractivity contribution in [3.63, 3.8) is 0 Å². The van der Waals surface area contributed by atoms with E-state index in [9.17, 15) is 14.7 Å². The Bertz CT molecular complexity index is 1470. The highest BCUT2D eigenvalue weighted by molar-refractivity contribution is 8.77. The average Bonchev–Trinajstić information content (AvgIpc) is 3.44. The van der Waals surface area contributed by atoms with Crippen LogP contribution in [0.5, 0.6) is 11.5 Å². The largest absolute Gasteiger partial charge is 0.504 e. The molecule has 1 aromatic heterocycles. The van der Waals surface area contributed by atoms with Crippen LogP contribution in [0.15, 0.2) is 59.8 Å². The minimum Gasteiger partial charge on any atom is -0.504 e. The number of imidazole rings is 1. The summed E-state index contributed by atoms with van der Waals surface area (Å²) in [6.45, 7) is 3.89. The summed E-state index contributed by atoms with van der Waals surface area (Å²) in [6, 6.07) is 3.60. The minimum absolute atomic E-state index is 0.0139. The molecule has 10 heteroatoms. The van der Waals surface area contributed by atoms with E-state index in [1.807, 2.05) is 52.5 Å². The summed E-state index contributed by atoms with van der Waals surface area (Å²) in [6.07, 6.45) is 16.5. The number of methoxy groups -OCH3 is 1. The molecule has 1 aliphatic carbocycles. The number of aromatic nitrogens is 2. The van der Waals surface area contributed by atoms with E-state index in [-0.39, 0.29) is 40.6 Å². The van der Waals surface area contributed by atoms with Crippen molar-refractivity contribution in [2.24, 2.45) is 5.92 Å². The number of carbonyl (C=O) groups is 2. The monoisotopic (exact) mass is 620 g/mol. The molecule has 43 heavy (non-hydrogen) atoms. The van der Waals surface area contributed by atoms with Crippen LogP contribution in [-0.4, -0.2) is 56.5 Å². The van der Waals surface area contributed by atoms with Crippen LogP contribution >= 0.6 is 21.6 Å². The van der Waals surface area contributed by atoms with Crippen LogP contribution in [0.1, 0.15) is 68.9 Å². The number of dihydropyridines is 1. The number of hydrogen-bond donors (Lipinski definition) is 3. The van der Waals surface area contributed by atoms with Gasteiger partial charge in [0.1, 0.15) is 11.9 Å². The quantitative estimate of drug-likeness (QED) is 0.291. The van der Waals surface area contributed by atoms with Crippen molar-refractivity contribution in [3.8, 4) is 11.5 Å². The lowest BCUT2D eigenvalue weighted by Gasteiger charge is -2.45. The lowest BCUT2D eigenvalue weighted by atomic mass is 9.80. The van der Waals surface area contributed by atoms with Crippen LogP contribution in [0.4, 0.5) is 0 Å². The number of phenolic OH excluding ortho intramolecular Hbond substituents is 1. The summed E-state index contributed by atoms with van der Waals surface area (Å²) in [4.78, 5) is 30.8. The van der Waals surface area contributed by atoms with E-state index < -0.39 is 0 Å². The smallest absolute Gasteiger partial charge is 0.166 e. The zero-order valence-electron chi connectivity index (χ0n) is 24.8. The van der Waals surface area contributed by atoms with E-state index in [2.05, 4.69) is 39.4 Å². The number of nitrogens with one attached hydrogen (secondary N) is 2. The van der Waals surface area contributed by atoms with Gasteiger partial charge in [-0.1, -0.05) is 41.0 Å². The van der Waals surface area contributed by atoms with Gasteiger partial charge >= 0.3 is 0 Å². The van der Waals surface area contributed by atoms with Gasteiger partial charge in [-0.3, -0.25) is 14.9 Å². The maximum atomic E-state index is 13.5. The van der Waals surface area contributed by atoms with Crippen molar-refractivity contribution >= 4 is 39.2 Å². The summed E-state index contributed by atoms with van der Waals surface area (Å²) in [7, 11) is 5.39. The molecule has 0 radical (unpaired) electrons. The van der Waals surface area contributed by atoms with Crippen molar-refractivity contribution < 1.29 is 19.4 Å². The minimum atomic E-state index is -0.176. The Kier molecular flexibility index (Phi) is 9.07. The first kappa shape index (κ1) is 30.1. The SMILES string of the molecule is CC[C@H]1CCC(=O)CC(=O)C2=Cc3cc(OC)c(O)cc3[C@@H](CC2)C2=CNC3NCC[C@](Cn4ccnc4)(SSC1)C3=C2. The standard InChI is InChI=1S/C33H40N4O4S2/c1-3-21-4-6-25(38)15-29(39)22-5-7-26(27-16-30(40)31(41-2)14-23(27)12-22)24-13-28-32(36-17-24)35-9-8-33(28,43-42-18-21)19-37-11-10-34-20-37/h10-14,16-17,20-21,26,32,35-36,40H,3-9,15,18-19H2,1-2H3/t21-,26-,32?,33+/m0/s1. The van der Waals surface area contributed by atoms with E-state index in [4.69, 9.17) is 4.74 Å². The molecule has 6 rings (SSSR count).